The quantitative estimate of drug-likeness (QED) is 0.434. The molecule has 0 atom stereocenters. The Kier molecular flexibility index (Phi) is 1.12. The molecule has 1 nitrogen and oxygen atoms in total. The van der Waals surface area contributed by atoms with Crippen molar-refractivity contribution in [3.63, 3.8) is 0 Å². The standard InChI is InChI=1S/C5H9BO/c1-5(2-6)3-7-4-5/h2-4H2,1H3. The largest absolute Gasteiger partial charge is 0.380 e. The van der Waals surface area contributed by atoms with E-state index in [2.05, 4.69) is 6.92 Å². The van der Waals surface area contributed by atoms with E-state index in [1.807, 2.05) is 0 Å². The Morgan fingerprint density at radius 3 is 2.29 bits per heavy atom. The molecular formula is C5H9BO. The lowest BCUT2D eigenvalue weighted by Gasteiger charge is -2.37. The lowest BCUT2D eigenvalue weighted by molar-refractivity contribution is -0.0887. The van der Waals surface area contributed by atoms with E-state index in [4.69, 9.17) is 12.6 Å². The molecule has 2 radical (unpaired) electrons. The smallest absolute Gasteiger partial charge is 0.0662 e. The SMILES string of the molecule is [B]CC1(C)COC1. The van der Waals surface area contributed by atoms with Crippen molar-refractivity contribution in [2.24, 2.45) is 5.41 Å². The summed E-state index contributed by atoms with van der Waals surface area (Å²) in [5.41, 5.74) is 0.319. The van der Waals surface area contributed by atoms with Gasteiger partial charge in [-0.1, -0.05) is 13.2 Å². The van der Waals surface area contributed by atoms with Crippen molar-refractivity contribution in [3.05, 3.63) is 0 Å². The van der Waals surface area contributed by atoms with Crippen molar-refractivity contribution in [1.82, 2.24) is 0 Å². The third kappa shape index (κ3) is 0.803. The van der Waals surface area contributed by atoms with Crippen molar-refractivity contribution in [2.45, 2.75) is 13.2 Å². The first-order valence-electron chi connectivity index (χ1n) is 2.55. The van der Waals surface area contributed by atoms with Gasteiger partial charge < -0.3 is 4.74 Å². The predicted octanol–water partition coefficient (Wildman–Crippen LogP) is 0.610. The third-order valence-corrected chi connectivity index (χ3v) is 1.39. The molecule has 0 N–H and O–H groups in total. The molecule has 0 aromatic rings. The molecule has 2 heteroatoms. The molecule has 7 heavy (non-hydrogen) atoms. The molecule has 1 fully saturated rings. The van der Waals surface area contributed by atoms with Gasteiger partial charge in [-0.3, -0.25) is 0 Å². The molecule has 0 amide bonds. The van der Waals surface area contributed by atoms with E-state index >= 15 is 0 Å². The van der Waals surface area contributed by atoms with Gasteiger partial charge >= 0.3 is 0 Å². The van der Waals surface area contributed by atoms with Crippen molar-refractivity contribution < 1.29 is 4.74 Å². The Morgan fingerprint density at radius 1 is 1.71 bits per heavy atom. The highest BCUT2D eigenvalue weighted by Crippen LogP contribution is 2.28. The molecule has 0 bridgehead atoms. The summed E-state index contributed by atoms with van der Waals surface area (Å²) in [5, 5.41) is 0. The second kappa shape index (κ2) is 1.51. The van der Waals surface area contributed by atoms with Crippen LogP contribution in [-0.4, -0.2) is 21.1 Å². The maximum absolute atomic E-state index is 5.39. The summed E-state index contributed by atoms with van der Waals surface area (Å²) in [4.78, 5) is 0. The molecule has 0 saturated carbocycles. The monoisotopic (exact) mass is 96.1 g/mol. The first-order chi connectivity index (χ1) is 3.27. The summed E-state index contributed by atoms with van der Waals surface area (Å²) in [6.07, 6.45) is 0.757. The molecule has 1 rings (SSSR count). The molecule has 1 saturated heterocycles. The van der Waals surface area contributed by atoms with Gasteiger partial charge in [-0.15, -0.1) is 0 Å². The fourth-order valence-corrected chi connectivity index (χ4v) is 0.568. The van der Waals surface area contributed by atoms with Crippen LogP contribution in [0.5, 0.6) is 0 Å². The lowest BCUT2D eigenvalue weighted by atomic mass is 9.76. The van der Waals surface area contributed by atoms with Gasteiger partial charge in [0.2, 0.25) is 0 Å². The Balaban J connectivity index is 2.29. The van der Waals surface area contributed by atoms with Crippen molar-refractivity contribution in [2.75, 3.05) is 13.2 Å². The minimum atomic E-state index is 0.319. The van der Waals surface area contributed by atoms with E-state index in [1.54, 1.807) is 0 Å². The molecule has 38 valence electrons. The first-order valence-corrected chi connectivity index (χ1v) is 2.55. The average molecular weight is 95.9 g/mol. The normalized spacial score (nSPS) is 26.4. The zero-order valence-corrected chi connectivity index (χ0v) is 4.61. The van der Waals surface area contributed by atoms with Gasteiger partial charge in [0.1, 0.15) is 0 Å². The van der Waals surface area contributed by atoms with Gasteiger partial charge in [0.25, 0.3) is 0 Å². The van der Waals surface area contributed by atoms with Gasteiger partial charge in [-0.05, 0) is 0 Å². The Bertz CT molecular complexity index is 63.0. The summed E-state index contributed by atoms with van der Waals surface area (Å²) in [6, 6.07) is 0. The summed E-state index contributed by atoms with van der Waals surface area (Å²) in [7, 11) is 5.39. The zero-order valence-electron chi connectivity index (χ0n) is 4.61. The van der Waals surface area contributed by atoms with E-state index in [-0.39, 0.29) is 0 Å². The van der Waals surface area contributed by atoms with Crippen LogP contribution in [0.1, 0.15) is 6.92 Å². The van der Waals surface area contributed by atoms with Gasteiger partial charge in [0, 0.05) is 5.41 Å². The van der Waals surface area contributed by atoms with Crippen LogP contribution < -0.4 is 0 Å². The number of rotatable bonds is 1. The second-order valence-electron chi connectivity index (χ2n) is 2.51. The molecule has 0 aromatic heterocycles. The molecule has 0 unspecified atom stereocenters. The van der Waals surface area contributed by atoms with Crippen LogP contribution in [0.3, 0.4) is 0 Å². The minimum absolute atomic E-state index is 0.319. The van der Waals surface area contributed by atoms with Gasteiger partial charge in [-0.2, -0.15) is 0 Å². The summed E-state index contributed by atoms with van der Waals surface area (Å²) in [6.45, 7) is 3.84. The summed E-state index contributed by atoms with van der Waals surface area (Å²) in [5.74, 6) is 0. The van der Waals surface area contributed by atoms with Crippen LogP contribution in [0.15, 0.2) is 0 Å². The van der Waals surface area contributed by atoms with E-state index in [9.17, 15) is 0 Å². The van der Waals surface area contributed by atoms with Crippen molar-refractivity contribution in [1.29, 1.82) is 0 Å². The van der Waals surface area contributed by atoms with Crippen molar-refractivity contribution >= 4 is 7.85 Å². The Morgan fingerprint density at radius 2 is 2.29 bits per heavy atom. The van der Waals surface area contributed by atoms with Crippen LogP contribution in [0.4, 0.5) is 0 Å². The summed E-state index contributed by atoms with van der Waals surface area (Å²) < 4.78 is 4.95. The fraction of sp³-hybridized carbons (Fsp3) is 1.00. The number of ether oxygens (including phenoxy) is 1. The molecular weight excluding hydrogens is 86.9 g/mol. The molecule has 0 spiro atoms. The number of hydrogen-bond donors (Lipinski definition) is 0. The predicted molar refractivity (Wildman–Crippen MR) is 29.5 cm³/mol. The number of hydrogen-bond acceptors (Lipinski definition) is 1. The minimum Gasteiger partial charge on any atom is -0.380 e. The van der Waals surface area contributed by atoms with Crippen LogP contribution in [-0.2, 0) is 4.74 Å². The molecule has 1 heterocycles. The third-order valence-electron chi connectivity index (χ3n) is 1.39. The van der Waals surface area contributed by atoms with Crippen LogP contribution >= 0.6 is 0 Å². The second-order valence-corrected chi connectivity index (χ2v) is 2.51. The molecule has 1 aliphatic heterocycles. The molecule has 0 aromatic carbocycles. The Labute approximate surface area is 45.5 Å². The fourth-order valence-electron chi connectivity index (χ4n) is 0.568. The zero-order chi connectivity index (χ0) is 5.33. The van der Waals surface area contributed by atoms with Crippen LogP contribution in [0, 0.1) is 5.41 Å². The first kappa shape index (κ1) is 5.17. The van der Waals surface area contributed by atoms with Crippen LogP contribution in [0.2, 0.25) is 6.32 Å². The van der Waals surface area contributed by atoms with Crippen molar-refractivity contribution in [3.8, 4) is 0 Å². The van der Waals surface area contributed by atoms with E-state index in [0.29, 0.717) is 5.41 Å². The van der Waals surface area contributed by atoms with Crippen LogP contribution in [0.25, 0.3) is 0 Å². The lowest BCUT2D eigenvalue weighted by Crippen LogP contribution is -2.38. The maximum atomic E-state index is 5.39. The topological polar surface area (TPSA) is 9.23 Å². The molecule has 0 aliphatic carbocycles. The van der Waals surface area contributed by atoms with Gasteiger partial charge in [0.05, 0.1) is 21.1 Å². The highest BCUT2D eigenvalue weighted by Gasteiger charge is 2.30. The molecule has 1 aliphatic rings. The van der Waals surface area contributed by atoms with Gasteiger partial charge in [-0.25, -0.2) is 0 Å². The highest BCUT2D eigenvalue weighted by atomic mass is 16.5. The Hall–Kier alpha value is 0.0249. The van der Waals surface area contributed by atoms with E-state index < -0.39 is 0 Å². The highest BCUT2D eigenvalue weighted by molar-refractivity contribution is 6.09. The average Bonchev–Trinajstić information content (AvgIpc) is 1.61. The maximum Gasteiger partial charge on any atom is 0.0662 e. The summed E-state index contributed by atoms with van der Waals surface area (Å²) >= 11 is 0. The van der Waals surface area contributed by atoms with Gasteiger partial charge in [0.15, 0.2) is 0 Å². The van der Waals surface area contributed by atoms with E-state index in [1.165, 1.54) is 0 Å². The van der Waals surface area contributed by atoms with E-state index in [0.717, 1.165) is 19.5 Å².